The third-order valence-corrected chi connectivity index (χ3v) is 5.02. The van der Waals surface area contributed by atoms with E-state index in [0.717, 1.165) is 16.3 Å². The van der Waals surface area contributed by atoms with Gasteiger partial charge in [0.05, 0.1) is 19.0 Å². The van der Waals surface area contributed by atoms with Gasteiger partial charge in [-0.05, 0) is 42.8 Å². The molecule has 1 heterocycles. The van der Waals surface area contributed by atoms with E-state index in [4.69, 9.17) is 27.9 Å². The molecule has 0 bridgehead atoms. The Balaban J connectivity index is 2.13. The van der Waals surface area contributed by atoms with Crippen molar-refractivity contribution in [3.8, 4) is 0 Å². The van der Waals surface area contributed by atoms with Gasteiger partial charge in [0.15, 0.2) is 0 Å². The van der Waals surface area contributed by atoms with Crippen molar-refractivity contribution >= 4 is 41.1 Å². The van der Waals surface area contributed by atoms with Gasteiger partial charge in [0.1, 0.15) is 0 Å². The average Bonchev–Trinajstić information content (AvgIpc) is 2.73. The van der Waals surface area contributed by atoms with Gasteiger partial charge in [-0.3, -0.25) is 9.36 Å². The van der Waals surface area contributed by atoms with Gasteiger partial charge in [0, 0.05) is 28.2 Å². The fraction of sp³-hybridized carbons (Fsp3) is 0.190. The molecule has 0 amide bonds. The molecule has 10 nitrogen and oxygen atoms in total. The minimum atomic E-state index is -1.14. The second-order valence-corrected chi connectivity index (χ2v) is 7.58. The molecule has 11 heteroatoms. The number of benzene rings is 2. The summed E-state index contributed by atoms with van der Waals surface area (Å²) in [4.78, 5) is 41.0. The van der Waals surface area contributed by atoms with Crippen LogP contribution in [-0.4, -0.2) is 31.4 Å². The molecular weight excluding hydrogens is 436 g/mol. The van der Waals surface area contributed by atoms with Crippen molar-refractivity contribution in [2.75, 3.05) is 11.1 Å². The summed E-state index contributed by atoms with van der Waals surface area (Å²) >= 11 is 5.94. The number of aliphatic carboxylic acids is 1. The molecule has 2 aromatic carbocycles. The lowest BCUT2D eigenvalue weighted by Crippen LogP contribution is -2.44. The lowest BCUT2D eigenvalue weighted by molar-refractivity contribution is -0.137. The molecule has 1 unspecified atom stereocenters. The molecule has 166 valence electrons. The van der Waals surface area contributed by atoms with Gasteiger partial charge in [0.2, 0.25) is 5.95 Å². The summed E-state index contributed by atoms with van der Waals surface area (Å²) in [6.45, 7) is 1.52. The van der Waals surface area contributed by atoms with Crippen LogP contribution in [0.25, 0.3) is 0 Å². The number of hydrogen-bond acceptors (Lipinski definition) is 7. The Morgan fingerprint density at radius 2 is 1.97 bits per heavy atom. The Morgan fingerprint density at radius 1 is 1.28 bits per heavy atom. The van der Waals surface area contributed by atoms with Crippen molar-refractivity contribution in [3.63, 3.8) is 0 Å². The highest BCUT2D eigenvalue weighted by Crippen LogP contribution is 2.20. The highest BCUT2D eigenvalue weighted by atomic mass is 35.5. The molecule has 3 rings (SSSR count). The molecule has 0 saturated heterocycles. The van der Waals surface area contributed by atoms with E-state index in [1.165, 1.54) is 11.5 Å². The van der Waals surface area contributed by atoms with Crippen LogP contribution in [0.2, 0.25) is 5.02 Å². The van der Waals surface area contributed by atoms with E-state index in [2.05, 4.69) is 10.3 Å². The molecule has 1 aromatic heterocycles. The minimum Gasteiger partial charge on any atom is -0.481 e. The third kappa shape index (κ3) is 5.03. The van der Waals surface area contributed by atoms with E-state index >= 15 is 0 Å². The average molecular weight is 457 g/mol. The van der Waals surface area contributed by atoms with E-state index < -0.39 is 29.8 Å². The van der Waals surface area contributed by atoms with Crippen molar-refractivity contribution in [3.05, 3.63) is 79.6 Å². The maximum absolute atomic E-state index is 13.2. The van der Waals surface area contributed by atoms with Gasteiger partial charge < -0.3 is 21.6 Å². The fourth-order valence-corrected chi connectivity index (χ4v) is 3.27. The van der Waals surface area contributed by atoms with Crippen LogP contribution in [0.4, 0.5) is 17.3 Å². The molecule has 0 aliphatic rings. The van der Waals surface area contributed by atoms with Crippen molar-refractivity contribution < 1.29 is 9.90 Å². The summed E-state index contributed by atoms with van der Waals surface area (Å²) in [5.74, 6) is -1.18. The molecular formula is C21H21ClN6O4. The molecule has 0 aliphatic heterocycles. The smallest absolute Gasteiger partial charge is 0.355 e. The highest BCUT2D eigenvalue weighted by molar-refractivity contribution is 6.30. The number of hydrogen-bond donors (Lipinski definition) is 4. The number of halogens is 1. The summed E-state index contributed by atoms with van der Waals surface area (Å²) in [6, 6.07) is 10.7. The Kier molecular flexibility index (Phi) is 6.74. The standard InChI is InChI=1S/C21H21ClN6O4/c1-12(8-18(29)30)28-20(31)26-19(25-16-6-7-17(24)14(9-16)10-23)27(21(28)32)11-13-2-4-15(22)5-3-13/h2-7,9-10,12,23H,8,11,24H2,1H3,(H,29,30)(H,25,26,31). The van der Waals surface area contributed by atoms with Crippen LogP contribution in [0.15, 0.2) is 52.1 Å². The molecule has 32 heavy (non-hydrogen) atoms. The normalized spacial score (nSPS) is 11.7. The van der Waals surface area contributed by atoms with Crippen molar-refractivity contribution in [1.82, 2.24) is 14.1 Å². The van der Waals surface area contributed by atoms with Crippen molar-refractivity contribution in [2.24, 2.45) is 0 Å². The molecule has 1 atom stereocenters. The minimum absolute atomic E-state index is 0.0329. The number of aromatic nitrogens is 3. The zero-order chi connectivity index (χ0) is 23.4. The van der Waals surface area contributed by atoms with Gasteiger partial charge in [-0.1, -0.05) is 23.7 Å². The maximum Gasteiger partial charge on any atom is 0.355 e. The van der Waals surface area contributed by atoms with E-state index in [1.807, 2.05) is 0 Å². The number of nitrogens with zero attached hydrogens (tertiary/aromatic N) is 3. The zero-order valence-corrected chi connectivity index (χ0v) is 17.8. The molecule has 0 aliphatic carbocycles. The predicted octanol–water partition coefficient (Wildman–Crippen LogP) is 2.47. The lowest BCUT2D eigenvalue weighted by Gasteiger charge is -2.18. The van der Waals surface area contributed by atoms with Crippen LogP contribution < -0.4 is 22.4 Å². The van der Waals surface area contributed by atoms with Crippen LogP contribution in [0, 0.1) is 5.41 Å². The summed E-state index contributed by atoms with van der Waals surface area (Å²) in [5.41, 5.74) is 6.26. The predicted molar refractivity (Wildman–Crippen MR) is 122 cm³/mol. The second kappa shape index (κ2) is 9.48. The first-order chi connectivity index (χ1) is 15.2. The molecule has 0 spiro atoms. The van der Waals surface area contributed by atoms with Crippen molar-refractivity contribution in [2.45, 2.75) is 25.9 Å². The largest absolute Gasteiger partial charge is 0.481 e. The van der Waals surface area contributed by atoms with Crippen LogP contribution in [0.3, 0.4) is 0 Å². The maximum atomic E-state index is 13.2. The number of nitrogens with one attached hydrogen (secondary N) is 2. The quantitative estimate of drug-likeness (QED) is 0.299. The third-order valence-electron chi connectivity index (χ3n) is 4.76. The van der Waals surface area contributed by atoms with Crippen LogP contribution in [0.1, 0.15) is 30.5 Å². The van der Waals surface area contributed by atoms with Gasteiger partial charge >= 0.3 is 17.3 Å². The lowest BCUT2D eigenvalue weighted by atomic mass is 10.2. The fourth-order valence-electron chi connectivity index (χ4n) is 3.15. The molecule has 0 saturated carbocycles. The number of rotatable bonds is 8. The number of carbonyl (C=O) groups is 1. The van der Waals surface area contributed by atoms with E-state index in [1.54, 1.807) is 42.5 Å². The van der Waals surface area contributed by atoms with E-state index in [0.29, 0.717) is 22.0 Å². The number of carboxylic acids is 1. The Morgan fingerprint density at radius 3 is 2.59 bits per heavy atom. The summed E-state index contributed by atoms with van der Waals surface area (Å²) in [7, 11) is 0. The molecule has 0 fully saturated rings. The summed E-state index contributed by atoms with van der Waals surface area (Å²) < 4.78 is 2.06. The van der Waals surface area contributed by atoms with Crippen molar-refractivity contribution in [1.29, 1.82) is 5.41 Å². The molecule has 5 N–H and O–H groups in total. The van der Waals surface area contributed by atoms with Gasteiger partial charge in [-0.15, -0.1) is 0 Å². The molecule has 0 radical (unpaired) electrons. The van der Waals surface area contributed by atoms with Gasteiger partial charge in [-0.25, -0.2) is 14.2 Å². The second-order valence-electron chi connectivity index (χ2n) is 7.14. The zero-order valence-electron chi connectivity index (χ0n) is 17.1. The Hall–Kier alpha value is -3.92. The topological polar surface area (TPSA) is 156 Å². The SMILES string of the molecule is CC(CC(=O)O)n1c(=O)nc(Nc2ccc(N)c(C=N)c2)n(Cc2ccc(Cl)cc2)c1=O. The number of nitrogen functional groups attached to an aromatic ring is 1. The van der Waals surface area contributed by atoms with E-state index in [-0.39, 0.29) is 12.5 Å². The monoisotopic (exact) mass is 456 g/mol. The highest BCUT2D eigenvalue weighted by Gasteiger charge is 2.20. The number of nitrogens with two attached hydrogens (primary N) is 1. The van der Waals surface area contributed by atoms with Crippen LogP contribution in [0.5, 0.6) is 0 Å². The number of anilines is 3. The van der Waals surface area contributed by atoms with Crippen LogP contribution in [-0.2, 0) is 11.3 Å². The number of carboxylic acid groups (broad SMARTS) is 1. The first kappa shape index (κ1) is 22.8. The first-order valence-electron chi connectivity index (χ1n) is 9.56. The van der Waals surface area contributed by atoms with Gasteiger partial charge in [-0.2, -0.15) is 4.98 Å². The summed E-state index contributed by atoms with van der Waals surface area (Å²) in [6.07, 6.45) is 0.672. The van der Waals surface area contributed by atoms with Gasteiger partial charge in [0.25, 0.3) is 0 Å². The van der Waals surface area contributed by atoms with E-state index in [9.17, 15) is 14.4 Å². The van der Waals surface area contributed by atoms with Crippen LogP contribution >= 0.6 is 11.6 Å². The Labute approximate surface area is 187 Å². The first-order valence-corrected chi connectivity index (χ1v) is 9.94. The summed E-state index contributed by atoms with van der Waals surface area (Å²) in [5, 5.41) is 20.0. The Bertz CT molecular complexity index is 1280. The molecule has 3 aromatic rings.